The molecule has 6 nitrogen and oxygen atoms in total. The van der Waals surface area contributed by atoms with Gasteiger partial charge in [-0.2, -0.15) is 0 Å². The number of ether oxygens (including phenoxy) is 5. The third-order valence-electron chi connectivity index (χ3n) is 2.71. The topological polar surface area (TPSA) is 77.7 Å². The molecule has 0 spiro atoms. The van der Waals surface area contributed by atoms with Gasteiger partial charge in [-0.05, 0) is 0 Å². The van der Waals surface area contributed by atoms with Gasteiger partial charge in [-0.1, -0.05) is 0 Å². The predicted molar refractivity (Wildman–Crippen MR) is 57.6 cm³/mol. The molecular weight excluding hydrogens is 216 g/mol. The Kier molecular flexibility index (Phi) is 7.82. The van der Waals surface area contributed by atoms with Crippen LogP contribution in [0, 0.1) is 0 Å². The zero-order valence-corrected chi connectivity index (χ0v) is 10.3. The van der Waals surface area contributed by atoms with E-state index in [1.807, 2.05) is 0 Å². The fourth-order valence-corrected chi connectivity index (χ4v) is 1.91. The maximum absolute atomic E-state index is 5.60. The van der Waals surface area contributed by atoms with E-state index in [9.17, 15) is 0 Å². The summed E-state index contributed by atoms with van der Waals surface area (Å²) in [5, 5.41) is 0. The Labute approximate surface area is 96.1 Å². The maximum atomic E-state index is 5.60. The molecule has 0 aliphatic carbocycles. The monoisotopic (exact) mass is 238 g/mol. The quantitative estimate of drug-likeness (QED) is 0.630. The normalized spacial score (nSPS) is 34.5. The summed E-state index contributed by atoms with van der Waals surface area (Å²) in [6.45, 7) is 0.998. The van der Waals surface area contributed by atoms with Crippen molar-refractivity contribution in [2.24, 2.45) is 0 Å². The second kappa shape index (κ2) is 7.94. The van der Waals surface area contributed by atoms with Crippen LogP contribution in [0.4, 0.5) is 0 Å². The van der Waals surface area contributed by atoms with Gasteiger partial charge in [-0.3, -0.25) is 0 Å². The molecule has 0 aromatic heterocycles. The summed E-state index contributed by atoms with van der Waals surface area (Å²) in [5.74, 6) is 0. The van der Waals surface area contributed by atoms with Gasteiger partial charge in [-0.25, -0.2) is 0 Å². The van der Waals surface area contributed by atoms with Crippen molar-refractivity contribution < 1.29 is 29.2 Å². The average Bonchev–Trinajstić information content (AvgIpc) is 2.28. The van der Waals surface area contributed by atoms with Gasteiger partial charge in [-0.15, -0.1) is 0 Å². The fraction of sp³-hybridized carbons (Fsp3) is 1.00. The standard InChI is InChI=1S/C10H20O5.H2O/c1-11-5-8-10(14-4)9(13-3)7(12-2)6-15-8;/h7-10H,5-6H2,1-4H3;1H2/t7-,8+,9+,10+;/m0./s1. The summed E-state index contributed by atoms with van der Waals surface area (Å²) in [6.07, 6.45) is -0.466. The molecule has 0 amide bonds. The summed E-state index contributed by atoms with van der Waals surface area (Å²) in [7, 11) is 6.57. The first kappa shape index (κ1) is 15.8. The van der Waals surface area contributed by atoms with Crippen LogP contribution in [0.15, 0.2) is 0 Å². The smallest absolute Gasteiger partial charge is 0.114 e. The molecule has 98 valence electrons. The minimum Gasteiger partial charge on any atom is -0.412 e. The molecule has 0 aromatic rings. The van der Waals surface area contributed by atoms with Crippen molar-refractivity contribution in [1.29, 1.82) is 0 Å². The Morgan fingerprint density at radius 2 is 1.62 bits per heavy atom. The molecule has 1 fully saturated rings. The van der Waals surface area contributed by atoms with Gasteiger partial charge >= 0.3 is 0 Å². The van der Waals surface area contributed by atoms with Gasteiger partial charge in [0.25, 0.3) is 0 Å². The largest absolute Gasteiger partial charge is 0.412 e. The Balaban J connectivity index is 0.00000225. The highest BCUT2D eigenvalue weighted by Gasteiger charge is 2.41. The van der Waals surface area contributed by atoms with Crippen LogP contribution in [0.25, 0.3) is 0 Å². The molecule has 1 saturated heterocycles. The molecule has 0 unspecified atom stereocenters. The summed E-state index contributed by atoms with van der Waals surface area (Å²) in [4.78, 5) is 0. The van der Waals surface area contributed by atoms with E-state index in [4.69, 9.17) is 23.7 Å². The van der Waals surface area contributed by atoms with E-state index < -0.39 is 0 Å². The fourth-order valence-electron chi connectivity index (χ4n) is 1.91. The van der Waals surface area contributed by atoms with E-state index in [1.165, 1.54) is 0 Å². The SMILES string of the molecule is COC[C@H]1OC[C@H](OC)[C@@H](OC)[C@@H]1OC.O. The molecule has 0 saturated carbocycles. The summed E-state index contributed by atoms with van der Waals surface area (Å²) in [6, 6.07) is 0. The van der Waals surface area contributed by atoms with Crippen LogP contribution in [-0.2, 0) is 23.7 Å². The van der Waals surface area contributed by atoms with Crippen LogP contribution >= 0.6 is 0 Å². The van der Waals surface area contributed by atoms with Crippen LogP contribution in [-0.4, -0.2) is 71.5 Å². The Hall–Kier alpha value is -0.240. The first-order chi connectivity index (χ1) is 7.28. The molecule has 2 N–H and O–H groups in total. The lowest BCUT2D eigenvalue weighted by atomic mass is 10.00. The van der Waals surface area contributed by atoms with E-state index in [-0.39, 0.29) is 29.9 Å². The Bertz CT molecular complexity index is 177. The average molecular weight is 238 g/mol. The molecule has 4 atom stereocenters. The number of hydrogen-bond donors (Lipinski definition) is 0. The molecule has 0 aromatic carbocycles. The Morgan fingerprint density at radius 3 is 2.06 bits per heavy atom. The molecule has 0 bridgehead atoms. The van der Waals surface area contributed by atoms with E-state index in [2.05, 4.69) is 0 Å². The predicted octanol–water partition coefficient (Wildman–Crippen LogP) is -0.748. The van der Waals surface area contributed by atoms with Gasteiger partial charge in [0.2, 0.25) is 0 Å². The maximum Gasteiger partial charge on any atom is 0.114 e. The van der Waals surface area contributed by atoms with Crippen LogP contribution in [0.3, 0.4) is 0 Å². The van der Waals surface area contributed by atoms with E-state index in [1.54, 1.807) is 28.4 Å². The lowest BCUT2D eigenvalue weighted by Gasteiger charge is -2.40. The molecule has 16 heavy (non-hydrogen) atoms. The lowest BCUT2D eigenvalue weighted by Crippen LogP contribution is -2.56. The van der Waals surface area contributed by atoms with E-state index in [0.717, 1.165) is 0 Å². The van der Waals surface area contributed by atoms with Crippen LogP contribution < -0.4 is 0 Å². The molecule has 6 heteroatoms. The van der Waals surface area contributed by atoms with Crippen molar-refractivity contribution in [3.63, 3.8) is 0 Å². The first-order valence-electron chi connectivity index (χ1n) is 4.97. The van der Waals surface area contributed by atoms with Crippen molar-refractivity contribution in [2.75, 3.05) is 41.7 Å². The van der Waals surface area contributed by atoms with Crippen LogP contribution in [0.1, 0.15) is 0 Å². The highest BCUT2D eigenvalue weighted by atomic mass is 16.6. The van der Waals surface area contributed by atoms with Gasteiger partial charge in [0.1, 0.15) is 24.4 Å². The molecular formula is C10H22O6. The zero-order valence-electron chi connectivity index (χ0n) is 10.3. The second-order valence-corrected chi connectivity index (χ2v) is 3.50. The van der Waals surface area contributed by atoms with Crippen molar-refractivity contribution >= 4 is 0 Å². The van der Waals surface area contributed by atoms with Gasteiger partial charge in [0.05, 0.1) is 13.2 Å². The van der Waals surface area contributed by atoms with Crippen LogP contribution in [0.5, 0.6) is 0 Å². The summed E-state index contributed by atoms with van der Waals surface area (Å²) < 4.78 is 26.7. The summed E-state index contributed by atoms with van der Waals surface area (Å²) in [5.41, 5.74) is 0. The van der Waals surface area contributed by atoms with Crippen molar-refractivity contribution in [2.45, 2.75) is 24.4 Å². The first-order valence-corrected chi connectivity index (χ1v) is 4.97. The van der Waals surface area contributed by atoms with Crippen molar-refractivity contribution in [3.8, 4) is 0 Å². The molecule has 1 aliphatic rings. The number of hydrogen-bond acceptors (Lipinski definition) is 5. The third-order valence-corrected chi connectivity index (χ3v) is 2.71. The molecule has 1 heterocycles. The van der Waals surface area contributed by atoms with Crippen LogP contribution in [0.2, 0.25) is 0 Å². The Morgan fingerprint density at radius 1 is 1.00 bits per heavy atom. The zero-order chi connectivity index (χ0) is 11.3. The molecule has 0 radical (unpaired) electrons. The van der Waals surface area contributed by atoms with E-state index in [0.29, 0.717) is 13.2 Å². The minimum atomic E-state index is -0.159. The van der Waals surface area contributed by atoms with Gasteiger partial charge < -0.3 is 29.2 Å². The number of rotatable bonds is 5. The van der Waals surface area contributed by atoms with Gasteiger partial charge in [0.15, 0.2) is 0 Å². The second-order valence-electron chi connectivity index (χ2n) is 3.50. The lowest BCUT2D eigenvalue weighted by molar-refractivity contribution is -0.219. The number of methoxy groups -OCH3 is 4. The molecule has 1 rings (SSSR count). The third kappa shape index (κ3) is 3.38. The highest BCUT2D eigenvalue weighted by Crippen LogP contribution is 2.22. The van der Waals surface area contributed by atoms with E-state index >= 15 is 0 Å². The molecule has 1 aliphatic heterocycles. The van der Waals surface area contributed by atoms with Crippen molar-refractivity contribution in [1.82, 2.24) is 0 Å². The van der Waals surface area contributed by atoms with Crippen molar-refractivity contribution in [3.05, 3.63) is 0 Å². The minimum absolute atomic E-state index is 0. The summed E-state index contributed by atoms with van der Waals surface area (Å²) >= 11 is 0. The van der Waals surface area contributed by atoms with Gasteiger partial charge in [0, 0.05) is 28.4 Å². The highest BCUT2D eigenvalue weighted by molar-refractivity contribution is 4.89.